The summed E-state index contributed by atoms with van der Waals surface area (Å²) in [5.41, 5.74) is 0.904. The number of amides is 2. The molecule has 1 aromatic carbocycles. The molecule has 0 aliphatic carbocycles. The molecule has 0 aliphatic rings. The van der Waals surface area contributed by atoms with E-state index in [1.165, 1.54) is 6.92 Å². The van der Waals surface area contributed by atoms with Gasteiger partial charge in [0.2, 0.25) is 0 Å². The Bertz CT molecular complexity index is 582. The smallest absolute Gasteiger partial charge is 0.317 e. The first-order chi connectivity index (χ1) is 10.3. The summed E-state index contributed by atoms with van der Waals surface area (Å²) in [6, 6.07) is 6.65. The normalized spacial score (nSPS) is 11.3. The second-order valence-corrected chi connectivity index (χ2v) is 6.99. The molecule has 0 radical (unpaired) electrons. The Hall–Kier alpha value is -1.76. The lowest BCUT2D eigenvalue weighted by atomic mass is 10.2. The van der Waals surface area contributed by atoms with E-state index < -0.39 is 10.1 Å². The number of benzene rings is 1. The molecule has 0 spiro atoms. The van der Waals surface area contributed by atoms with Crippen LogP contribution in [0.3, 0.4) is 0 Å². The minimum atomic E-state index is -3.52. The van der Waals surface area contributed by atoms with Gasteiger partial charge in [-0.05, 0) is 45.4 Å². The van der Waals surface area contributed by atoms with Gasteiger partial charge in [-0.3, -0.25) is 0 Å². The maximum Gasteiger partial charge on any atom is 0.317 e. The number of nitrogens with zero attached hydrogens (tertiary/aromatic N) is 1. The average Bonchev–Trinajstić information content (AvgIpc) is 2.46. The van der Waals surface area contributed by atoms with Gasteiger partial charge in [0.05, 0.1) is 5.75 Å². The largest absolute Gasteiger partial charge is 0.382 e. The number of hydrogen-bond donors (Lipinski definition) is 1. The second-order valence-electron chi connectivity index (χ2n) is 5.13. The number of urea groups is 1. The lowest BCUT2D eigenvalue weighted by molar-refractivity contribution is 0.180. The Balaban J connectivity index is 2.79. The second kappa shape index (κ2) is 8.03. The summed E-state index contributed by atoms with van der Waals surface area (Å²) < 4.78 is 27.7. The third-order valence-corrected chi connectivity index (χ3v) is 4.22. The van der Waals surface area contributed by atoms with Crippen LogP contribution in [0.25, 0.3) is 0 Å². The summed E-state index contributed by atoms with van der Waals surface area (Å²) in [7, 11) is -3.52. The van der Waals surface area contributed by atoms with Crippen LogP contribution in [0.4, 0.5) is 4.79 Å². The van der Waals surface area contributed by atoms with Crippen LogP contribution in [0.2, 0.25) is 0 Å². The Labute approximate surface area is 132 Å². The van der Waals surface area contributed by atoms with Crippen molar-refractivity contribution in [2.45, 2.75) is 40.3 Å². The maximum absolute atomic E-state index is 12.0. The van der Waals surface area contributed by atoms with E-state index in [2.05, 4.69) is 5.32 Å². The Morgan fingerprint density at radius 2 is 1.82 bits per heavy atom. The van der Waals surface area contributed by atoms with Crippen LogP contribution in [0, 0.1) is 0 Å². The molecule has 0 bridgehead atoms. The van der Waals surface area contributed by atoms with E-state index >= 15 is 0 Å². The topological polar surface area (TPSA) is 75.7 Å². The number of rotatable bonds is 7. The van der Waals surface area contributed by atoms with E-state index in [9.17, 15) is 13.2 Å². The first kappa shape index (κ1) is 18.3. The fourth-order valence-corrected chi connectivity index (χ4v) is 2.32. The van der Waals surface area contributed by atoms with Gasteiger partial charge in [0, 0.05) is 19.1 Å². The SMILES string of the molecule is CCNC(=O)N(Cc1ccc(OS(=O)(=O)CC)cc1)C(C)C. The first-order valence-electron chi connectivity index (χ1n) is 7.34. The highest BCUT2D eigenvalue weighted by Gasteiger charge is 2.16. The standard InChI is InChI=1S/C15H24N2O4S/c1-5-16-15(18)17(12(3)4)11-13-7-9-14(10-8-13)21-22(19,20)6-2/h7-10,12H,5-6,11H2,1-4H3,(H,16,18). The molecule has 0 fully saturated rings. The summed E-state index contributed by atoms with van der Waals surface area (Å²) in [6.45, 7) is 8.31. The number of hydrogen-bond acceptors (Lipinski definition) is 4. The molecule has 0 aromatic heterocycles. The van der Waals surface area contributed by atoms with Crippen molar-refractivity contribution < 1.29 is 17.4 Å². The number of nitrogens with one attached hydrogen (secondary N) is 1. The van der Waals surface area contributed by atoms with Crippen LogP contribution in [-0.2, 0) is 16.7 Å². The molecule has 22 heavy (non-hydrogen) atoms. The van der Waals surface area contributed by atoms with Gasteiger partial charge in [0.15, 0.2) is 0 Å². The molecule has 124 valence electrons. The number of carbonyl (C=O) groups is 1. The van der Waals surface area contributed by atoms with E-state index in [1.807, 2.05) is 20.8 Å². The molecular formula is C15H24N2O4S. The monoisotopic (exact) mass is 328 g/mol. The lowest BCUT2D eigenvalue weighted by Gasteiger charge is -2.27. The predicted octanol–water partition coefficient (Wildman–Crippen LogP) is 2.36. The van der Waals surface area contributed by atoms with E-state index in [4.69, 9.17) is 4.18 Å². The first-order valence-corrected chi connectivity index (χ1v) is 8.92. The van der Waals surface area contributed by atoms with Crippen LogP contribution in [0.15, 0.2) is 24.3 Å². The molecule has 0 atom stereocenters. The van der Waals surface area contributed by atoms with Crippen molar-refractivity contribution in [3.8, 4) is 5.75 Å². The van der Waals surface area contributed by atoms with Crippen LogP contribution in [0.1, 0.15) is 33.3 Å². The van der Waals surface area contributed by atoms with Crippen molar-refractivity contribution in [1.82, 2.24) is 10.2 Å². The zero-order valence-electron chi connectivity index (χ0n) is 13.5. The van der Waals surface area contributed by atoms with Crippen molar-refractivity contribution in [1.29, 1.82) is 0 Å². The van der Waals surface area contributed by atoms with Gasteiger partial charge in [-0.15, -0.1) is 0 Å². The van der Waals surface area contributed by atoms with Gasteiger partial charge in [-0.1, -0.05) is 12.1 Å². The fourth-order valence-electron chi connectivity index (χ4n) is 1.79. The zero-order chi connectivity index (χ0) is 16.8. The molecule has 7 heteroatoms. The molecule has 1 aromatic rings. The summed E-state index contributed by atoms with van der Waals surface area (Å²) in [6.07, 6.45) is 0. The Morgan fingerprint density at radius 3 is 2.27 bits per heavy atom. The van der Waals surface area contributed by atoms with Crippen LogP contribution in [-0.4, -0.2) is 37.7 Å². The molecule has 0 saturated heterocycles. The highest BCUT2D eigenvalue weighted by atomic mass is 32.2. The van der Waals surface area contributed by atoms with E-state index in [0.717, 1.165) is 5.56 Å². The van der Waals surface area contributed by atoms with Gasteiger partial charge >= 0.3 is 16.1 Å². The third kappa shape index (κ3) is 5.55. The average molecular weight is 328 g/mol. The molecular weight excluding hydrogens is 304 g/mol. The molecule has 1 N–H and O–H groups in total. The van der Waals surface area contributed by atoms with Gasteiger partial charge in [-0.2, -0.15) is 8.42 Å². The molecule has 0 saturated carbocycles. The van der Waals surface area contributed by atoms with Gasteiger partial charge in [-0.25, -0.2) is 4.79 Å². The molecule has 0 heterocycles. The third-order valence-electron chi connectivity index (χ3n) is 3.07. The van der Waals surface area contributed by atoms with Crippen molar-refractivity contribution in [3.63, 3.8) is 0 Å². The quantitative estimate of drug-likeness (QED) is 0.780. The molecule has 1 rings (SSSR count). The van der Waals surface area contributed by atoms with Crippen LogP contribution >= 0.6 is 0 Å². The minimum absolute atomic E-state index is 0.0583. The number of carbonyl (C=O) groups excluding carboxylic acids is 1. The molecule has 6 nitrogen and oxygen atoms in total. The van der Waals surface area contributed by atoms with Gasteiger partial charge in [0.25, 0.3) is 0 Å². The van der Waals surface area contributed by atoms with Crippen molar-refractivity contribution in [2.75, 3.05) is 12.3 Å². The van der Waals surface area contributed by atoms with E-state index in [0.29, 0.717) is 13.1 Å². The summed E-state index contributed by atoms with van der Waals surface area (Å²) in [5, 5.41) is 2.78. The van der Waals surface area contributed by atoms with Crippen LogP contribution in [0.5, 0.6) is 5.75 Å². The Kier molecular flexibility index (Phi) is 6.67. The summed E-state index contributed by atoms with van der Waals surface area (Å²) >= 11 is 0. The van der Waals surface area contributed by atoms with Crippen LogP contribution < -0.4 is 9.50 Å². The van der Waals surface area contributed by atoms with Gasteiger partial charge in [0.1, 0.15) is 5.75 Å². The maximum atomic E-state index is 12.0. The lowest BCUT2D eigenvalue weighted by Crippen LogP contribution is -2.43. The van der Waals surface area contributed by atoms with Crippen molar-refractivity contribution in [2.24, 2.45) is 0 Å². The highest BCUT2D eigenvalue weighted by Crippen LogP contribution is 2.16. The minimum Gasteiger partial charge on any atom is -0.382 e. The summed E-state index contributed by atoms with van der Waals surface area (Å²) in [4.78, 5) is 13.7. The molecule has 0 unspecified atom stereocenters. The molecule has 2 amide bonds. The summed E-state index contributed by atoms with van der Waals surface area (Å²) in [5.74, 6) is 0.201. The van der Waals surface area contributed by atoms with E-state index in [1.54, 1.807) is 29.2 Å². The zero-order valence-corrected chi connectivity index (χ0v) is 14.3. The highest BCUT2D eigenvalue weighted by molar-refractivity contribution is 7.87. The molecule has 0 aliphatic heterocycles. The van der Waals surface area contributed by atoms with Crippen molar-refractivity contribution >= 4 is 16.1 Å². The Morgan fingerprint density at radius 1 is 1.23 bits per heavy atom. The van der Waals surface area contributed by atoms with E-state index in [-0.39, 0.29) is 23.6 Å². The van der Waals surface area contributed by atoms with Crippen molar-refractivity contribution in [3.05, 3.63) is 29.8 Å². The van der Waals surface area contributed by atoms with Gasteiger partial charge < -0.3 is 14.4 Å². The fraction of sp³-hybridized carbons (Fsp3) is 0.533. The predicted molar refractivity (Wildman–Crippen MR) is 86.3 cm³/mol.